The van der Waals surface area contributed by atoms with Crippen LogP contribution in [-0.2, 0) is 4.79 Å². The van der Waals surface area contributed by atoms with E-state index >= 15 is 0 Å². The van der Waals surface area contributed by atoms with Crippen molar-refractivity contribution in [1.82, 2.24) is 10.6 Å². The molecule has 2 atom stereocenters. The zero-order chi connectivity index (χ0) is 13.4. The highest BCUT2D eigenvalue weighted by atomic mass is 32.1. The number of rotatable bonds is 7. The molecule has 0 saturated carbocycles. The van der Waals surface area contributed by atoms with Crippen LogP contribution >= 0.6 is 11.3 Å². The molecule has 0 fully saturated rings. The third-order valence-corrected chi connectivity index (χ3v) is 3.66. The predicted octanol–water partition coefficient (Wildman–Crippen LogP) is 2.32. The first kappa shape index (κ1) is 14.7. The Labute approximate surface area is 113 Å². The maximum Gasteiger partial charge on any atom is 0.237 e. The summed E-state index contributed by atoms with van der Waals surface area (Å²) in [6.45, 7) is 4.29. The Kier molecular flexibility index (Phi) is 6.48. The van der Waals surface area contributed by atoms with Crippen molar-refractivity contribution in [2.45, 2.75) is 38.8 Å². The molecule has 1 rings (SSSR count). The second-order valence-corrected chi connectivity index (χ2v) is 5.15. The molecule has 1 heterocycles. The quantitative estimate of drug-likeness (QED) is 0.742. The number of amides is 1. The van der Waals surface area contributed by atoms with Crippen LogP contribution in [0.5, 0.6) is 0 Å². The second kappa shape index (κ2) is 7.91. The number of hydrogen-bond donors (Lipinski definition) is 2. The van der Waals surface area contributed by atoms with Crippen LogP contribution in [-0.4, -0.2) is 18.5 Å². The molecule has 0 aliphatic heterocycles. The zero-order valence-electron chi connectivity index (χ0n) is 10.9. The number of hydrogen-bond acceptors (Lipinski definition) is 3. The van der Waals surface area contributed by atoms with Crippen molar-refractivity contribution >= 4 is 17.2 Å². The second-order valence-electron chi connectivity index (χ2n) is 4.17. The molecule has 0 aromatic carbocycles. The van der Waals surface area contributed by atoms with Gasteiger partial charge < -0.3 is 5.32 Å². The molecule has 98 valence electrons. The monoisotopic (exact) mass is 264 g/mol. The molecule has 1 amide bonds. The normalized spacial score (nSPS) is 13.6. The lowest BCUT2D eigenvalue weighted by Crippen LogP contribution is -2.43. The summed E-state index contributed by atoms with van der Waals surface area (Å²) in [6, 6.07) is 4.14. The van der Waals surface area contributed by atoms with Crippen LogP contribution in [0.3, 0.4) is 0 Å². The van der Waals surface area contributed by atoms with Crippen molar-refractivity contribution in [1.29, 1.82) is 0 Å². The Hall–Kier alpha value is -1.31. The van der Waals surface area contributed by atoms with Gasteiger partial charge in [-0.25, -0.2) is 0 Å². The lowest BCUT2D eigenvalue weighted by atomic mass is 10.1. The summed E-state index contributed by atoms with van der Waals surface area (Å²) in [5.74, 6) is 2.35. The number of terminal acetylenes is 1. The molecule has 2 unspecified atom stereocenters. The van der Waals surface area contributed by atoms with E-state index < -0.39 is 0 Å². The average Bonchev–Trinajstić information content (AvgIpc) is 2.89. The molecule has 0 bridgehead atoms. The SMILES string of the molecule is C#CCNC(=O)C(C)NC(CCC)c1cccs1. The number of carbonyl (C=O) groups excluding carboxylic acids is 1. The smallest absolute Gasteiger partial charge is 0.237 e. The van der Waals surface area contributed by atoms with Gasteiger partial charge in [0.2, 0.25) is 5.91 Å². The summed E-state index contributed by atoms with van der Waals surface area (Å²) in [5.41, 5.74) is 0. The van der Waals surface area contributed by atoms with Gasteiger partial charge in [-0.3, -0.25) is 10.1 Å². The maximum absolute atomic E-state index is 11.7. The first-order valence-electron chi connectivity index (χ1n) is 6.19. The molecule has 0 saturated heterocycles. The Morgan fingerprint density at radius 2 is 2.39 bits per heavy atom. The van der Waals surface area contributed by atoms with Gasteiger partial charge in [-0.2, -0.15) is 0 Å². The lowest BCUT2D eigenvalue weighted by Gasteiger charge is -2.21. The molecule has 2 N–H and O–H groups in total. The van der Waals surface area contributed by atoms with Crippen LogP contribution in [0.15, 0.2) is 17.5 Å². The Bertz CT molecular complexity index is 394. The van der Waals surface area contributed by atoms with Crippen molar-refractivity contribution in [3.05, 3.63) is 22.4 Å². The van der Waals surface area contributed by atoms with Gasteiger partial charge >= 0.3 is 0 Å². The number of carbonyl (C=O) groups is 1. The fourth-order valence-electron chi connectivity index (χ4n) is 1.75. The molecule has 0 radical (unpaired) electrons. The largest absolute Gasteiger partial charge is 0.344 e. The summed E-state index contributed by atoms with van der Waals surface area (Å²) < 4.78 is 0. The van der Waals surface area contributed by atoms with Crippen LogP contribution in [0.25, 0.3) is 0 Å². The van der Waals surface area contributed by atoms with Crippen molar-refractivity contribution in [3.8, 4) is 12.3 Å². The van der Waals surface area contributed by atoms with Crippen LogP contribution in [0, 0.1) is 12.3 Å². The minimum absolute atomic E-state index is 0.0504. The van der Waals surface area contributed by atoms with Gasteiger partial charge in [0.25, 0.3) is 0 Å². The maximum atomic E-state index is 11.7. The van der Waals surface area contributed by atoms with E-state index in [9.17, 15) is 4.79 Å². The molecule has 1 aromatic heterocycles. The van der Waals surface area contributed by atoms with E-state index in [2.05, 4.69) is 34.9 Å². The summed E-state index contributed by atoms with van der Waals surface area (Å²) in [7, 11) is 0. The van der Waals surface area contributed by atoms with Crippen LogP contribution in [0.1, 0.15) is 37.6 Å². The van der Waals surface area contributed by atoms with Crippen molar-refractivity contribution in [3.63, 3.8) is 0 Å². The highest BCUT2D eigenvalue weighted by Gasteiger charge is 2.18. The van der Waals surface area contributed by atoms with E-state index in [4.69, 9.17) is 6.42 Å². The van der Waals surface area contributed by atoms with Crippen LogP contribution in [0.4, 0.5) is 0 Å². The molecular weight excluding hydrogens is 244 g/mol. The third-order valence-electron chi connectivity index (χ3n) is 2.67. The zero-order valence-corrected chi connectivity index (χ0v) is 11.7. The molecular formula is C14H20N2OS. The van der Waals surface area contributed by atoms with E-state index in [1.807, 2.05) is 13.0 Å². The van der Waals surface area contributed by atoms with Gasteiger partial charge in [0, 0.05) is 10.9 Å². The van der Waals surface area contributed by atoms with E-state index in [0.717, 1.165) is 12.8 Å². The van der Waals surface area contributed by atoms with E-state index in [1.54, 1.807) is 11.3 Å². The van der Waals surface area contributed by atoms with Gasteiger partial charge in [-0.15, -0.1) is 17.8 Å². The summed E-state index contributed by atoms with van der Waals surface area (Å²) in [6.07, 6.45) is 7.22. The van der Waals surface area contributed by atoms with Gasteiger partial charge in [0.1, 0.15) is 0 Å². The van der Waals surface area contributed by atoms with Gasteiger partial charge in [0.05, 0.1) is 12.6 Å². The highest BCUT2D eigenvalue weighted by Crippen LogP contribution is 2.23. The molecule has 4 heteroatoms. The third kappa shape index (κ3) is 4.52. The van der Waals surface area contributed by atoms with Crippen LogP contribution < -0.4 is 10.6 Å². The highest BCUT2D eigenvalue weighted by molar-refractivity contribution is 7.10. The van der Waals surface area contributed by atoms with E-state index in [1.165, 1.54) is 4.88 Å². The average molecular weight is 264 g/mol. The number of thiophene rings is 1. The van der Waals surface area contributed by atoms with Crippen molar-refractivity contribution < 1.29 is 4.79 Å². The Balaban J connectivity index is 2.56. The molecule has 3 nitrogen and oxygen atoms in total. The lowest BCUT2D eigenvalue weighted by molar-refractivity contribution is -0.122. The predicted molar refractivity (Wildman–Crippen MR) is 76.4 cm³/mol. The molecule has 0 aliphatic carbocycles. The topological polar surface area (TPSA) is 41.1 Å². The Morgan fingerprint density at radius 1 is 1.61 bits per heavy atom. The first-order chi connectivity index (χ1) is 8.69. The van der Waals surface area contributed by atoms with E-state index in [0.29, 0.717) is 0 Å². The van der Waals surface area contributed by atoms with Crippen LogP contribution in [0.2, 0.25) is 0 Å². The standard InChI is InChI=1S/C14H20N2OS/c1-4-7-12(13-8-6-10-18-13)16-11(3)14(17)15-9-5-2/h2,6,8,10-12,16H,4,7,9H2,1,3H3,(H,15,17). The Morgan fingerprint density at radius 3 is 2.94 bits per heavy atom. The fourth-order valence-corrected chi connectivity index (χ4v) is 2.58. The molecule has 18 heavy (non-hydrogen) atoms. The summed E-state index contributed by atoms with van der Waals surface area (Å²) >= 11 is 1.72. The van der Waals surface area contributed by atoms with Gasteiger partial charge in [-0.05, 0) is 24.8 Å². The molecule has 0 spiro atoms. The fraction of sp³-hybridized carbons (Fsp3) is 0.500. The number of nitrogens with one attached hydrogen (secondary N) is 2. The summed E-state index contributed by atoms with van der Waals surface area (Å²) in [5, 5.41) is 8.11. The minimum atomic E-state index is -0.239. The van der Waals surface area contributed by atoms with Gasteiger partial charge in [0.15, 0.2) is 0 Å². The molecule has 0 aliphatic rings. The van der Waals surface area contributed by atoms with Gasteiger partial charge in [-0.1, -0.05) is 25.3 Å². The first-order valence-corrected chi connectivity index (χ1v) is 7.07. The van der Waals surface area contributed by atoms with E-state index in [-0.39, 0.29) is 24.5 Å². The minimum Gasteiger partial charge on any atom is -0.344 e. The molecule has 1 aromatic rings. The van der Waals surface area contributed by atoms with Crippen molar-refractivity contribution in [2.75, 3.05) is 6.54 Å². The summed E-state index contributed by atoms with van der Waals surface area (Å²) in [4.78, 5) is 13.0. The van der Waals surface area contributed by atoms with Crippen molar-refractivity contribution in [2.24, 2.45) is 0 Å².